The fraction of sp³-hybridized carbons (Fsp3) is 1.00. The van der Waals surface area contributed by atoms with E-state index in [0.717, 1.165) is 0 Å². The number of aliphatic hydroxyl groups excluding tert-OH is 1. The lowest BCUT2D eigenvalue weighted by molar-refractivity contribution is -0.0950. The van der Waals surface area contributed by atoms with E-state index in [2.05, 4.69) is 13.1 Å². The van der Waals surface area contributed by atoms with Crippen molar-refractivity contribution in [1.29, 1.82) is 0 Å². The molecule has 0 aromatic heterocycles. The summed E-state index contributed by atoms with van der Waals surface area (Å²) in [7, 11) is -1.000. The van der Waals surface area contributed by atoms with E-state index in [4.69, 9.17) is 14.3 Å². The van der Waals surface area contributed by atoms with Crippen LogP contribution in [0.1, 0.15) is 20.8 Å². The van der Waals surface area contributed by atoms with Gasteiger partial charge < -0.3 is 14.3 Å². The Balaban J connectivity index is 3.76. The highest BCUT2D eigenvalue weighted by Gasteiger charge is 2.18. The zero-order chi connectivity index (χ0) is 10.5. The number of hydrogen-bond acceptors (Lipinski definition) is 3. The molecule has 1 atom stereocenters. The van der Waals surface area contributed by atoms with Crippen LogP contribution in [0, 0.1) is 0 Å². The Morgan fingerprint density at radius 2 is 1.85 bits per heavy atom. The Hall–Kier alpha value is 0.0969. The maximum Gasteiger partial charge on any atom is 0.171 e. The standard InChI is InChI=1S/C9H22O3Si/c1-9(2,3)12-8(6-10)7-11-13(4)5/h8,10,13H,6-7H2,1-5H3. The zero-order valence-corrected chi connectivity index (χ0v) is 10.5. The van der Waals surface area contributed by atoms with E-state index in [-0.39, 0.29) is 18.3 Å². The second-order valence-corrected chi connectivity index (χ2v) is 6.85. The number of ether oxygens (including phenoxy) is 1. The van der Waals surface area contributed by atoms with Crippen LogP contribution in [0.5, 0.6) is 0 Å². The Morgan fingerprint density at radius 1 is 1.31 bits per heavy atom. The molecule has 0 saturated heterocycles. The molecule has 0 radical (unpaired) electrons. The fourth-order valence-corrected chi connectivity index (χ4v) is 1.52. The molecule has 0 aliphatic heterocycles. The molecular weight excluding hydrogens is 184 g/mol. The van der Waals surface area contributed by atoms with E-state index in [1.54, 1.807) is 0 Å². The lowest BCUT2D eigenvalue weighted by Crippen LogP contribution is -2.34. The van der Waals surface area contributed by atoms with Crippen molar-refractivity contribution in [1.82, 2.24) is 0 Å². The summed E-state index contributed by atoms with van der Waals surface area (Å²) in [6.45, 7) is 10.7. The third-order valence-corrected chi connectivity index (χ3v) is 2.20. The lowest BCUT2D eigenvalue weighted by atomic mass is 10.2. The quantitative estimate of drug-likeness (QED) is 0.686. The van der Waals surface area contributed by atoms with Gasteiger partial charge in [0, 0.05) is 0 Å². The zero-order valence-electron chi connectivity index (χ0n) is 9.33. The molecule has 0 heterocycles. The molecule has 0 fully saturated rings. The largest absolute Gasteiger partial charge is 0.418 e. The monoisotopic (exact) mass is 206 g/mol. The summed E-state index contributed by atoms with van der Waals surface area (Å²) < 4.78 is 11.1. The van der Waals surface area contributed by atoms with Crippen molar-refractivity contribution in [3.63, 3.8) is 0 Å². The first-order valence-corrected chi connectivity index (χ1v) is 7.53. The molecule has 0 bridgehead atoms. The van der Waals surface area contributed by atoms with Crippen molar-refractivity contribution in [3.8, 4) is 0 Å². The summed E-state index contributed by atoms with van der Waals surface area (Å²) in [4.78, 5) is 0. The van der Waals surface area contributed by atoms with E-state index in [9.17, 15) is 0 Å². The predicted molar refractivity (Wildman–Crippen MR) is 56.5 cm³/mol. The number of rotatable bonds is 5. The fourth-order valence-electron chi connectivity index (χ4n) is 0.924. The third-order valence-electron chi connectivity index (χ3n) is 1.34. The van der Waals surface area contributed by atoms with Gasteiger partial charge in [0.2, 0.25) is 0 Å². The highest BCUT2D eigenvalue weighted by Crippen LogP contribution is 2.10. The molecule has 0 aliphatic rings. The van der Waals surface area contributed by atoms with Crippen LogP contribution in [-0.2, 0) is 9.16 Å². The van der Waals surface area contributed by atoms with Gasteiger partial charge in [0.1, 0.15) is 6.10 Å². The summed E-state index contributed by atoms with van der Waals surface area (Å²) in [5, 5.41) is 9.01. The first-order valence-electron chi connectivity index (χ1n) is 4.75. The van der Waals surface area contributed by atoms with Gasteiger partial charge >= 0.3 is 0 Å². The molecule has 0 amide bonds. The predicted octanol–water partition coefficient (Wildman–Crippen LogP) is 1.16. The summed E-state index contributed by atoms with van der Waals surface area (Å²) >= 11 is 0. The third kappa shape index (κ3) is 8.43. The summed E-state index contributed by atoms with van der Waals surface area (Å²) in [5.41, 5.74) is -0.213. The first kappa shape index (κ1) is 13.1. The molecule has 1 unspecified atom stereocenters. The minimum absolute atomic E-state index is 0.0262. The van der Waals surface area contributed by atoms with Crippen LogP contribution in [-0.4, -0.2) is 39.1 Å². The molecular formula is C9H22O3Si. The van der Waals surface area contributed by atoms with Crippen molar-refractivity contribution in [3.05, 3.63) is 0 Å². The van der Waals surface area contributed by atoms with Gasteiger partial charge in [-0.2, -0.15) is 0 Å². The molecule has 0 aliphatic carbocycles. The van der Waals surface area contributed by atoms with Crippen molar-refractivity contribution in [2.75, 3.05) is 13.2 Å². The van der Waals surface area contributed by atoms with Crippen LogP contribution in [0.3, 0.4) is 0 Å². The van der Waals surface area contributed by atoms with Gasteiger partial charge in [-0.15, -0.1) is 0 Å². The maximum atomic E-state index is 9.01. The molecule has 3 nitrogen and oxygen atoms in total. The van der Waals surface area contributed by atoms with Gasteiger partial charge in [0.05, 0.1) is 18.8 Å². The average molecular weight is 206 g/mol. The van der Waals surface area contributed by atoms with Crippen LogP contribution in [0.2, 0.25) is 13.1 Å². The van der Waals surface area contributed by atoms with Crippen molar-refractivity contribution >= 4 is 9.04 Å². The first-order chi connectivity index (χ1) is 5.85. The Labute approximate surface area is 82.8 Å². The molecule has 13 heavy (non-hydrogen) atoms. The minimum atomic E-state index is -1.000. The number of aliphatic hydroxyl groups is 1. The molecule has 0 spiro atoms. The second kappa shape index (κ2) is 5.75. The Kier molecular flexibility index (Phi) is 5.79. The molecule has 4 heteroatoms. The van der Waals surface area contributed by atoms with Gasteiger partial charge in [-0.3, -0.25) is 0 Å². The molecule has 1 N–H and O–H groups in total. The van der Waals surface area contributed by atoms with Crippen LogP contribution < -0.4 is 0 Å². The van der Waals surface area contributed by atoms with Gasteiger partial charge in [0.25, 0.3) is 0 Å². The topological polar surface area (TPSA) is 38.7 Å². The Morgan fingerprint density at radius 3 is 2.15 bits per heavy atom. The van der Waals surface area contributed by atoms with E-state index >= 15 is 0 Å². The smallest absolute Gasteiger partial charge is 0.171 e. The van der Waals surface area contributed by atoms with E-state index in [0.29, 0.717) is 6.61 Å². The summed E-state index contributed by atoms with van der Waals surface area (Å²) in [5.74, 6) is 0. The highest BCUT2D eigenvalue weighted by molar-refractivity contribution is 6.48. The Bertz CT molecular complexity index is 131. The van der Waals surface area contributed by atoms with Crippen LogP contribution in [0.25, 0.3) is 0 Å². The van der Waals surface area contributed by atoms with E-state index < -0.39 is 9.04 Å². The molecule has 80 valence electrons. The van der Waals surface area contributed by atoms with Gasteiger partial charge in [-0.05, 0) is 33.9 Å². The van der Waals surface area contributed by atoms with E-state index in [1.807, 2.05) is 20.8 Å². The molecule has 0 saturated carbocycles. The molecule has 0 aromatic carbocycles. The van der Waals surface area contributed by atoms with Crippen LogP contribution in [0.4, 0.5) is 0 Å². The summed E-state index contributed by atoms with van der Waals surface area (Å²) in [6.07, 6.45) is -0.185. The molecule has 0 rings (SSSR count). The van der Waals surface area contributed by atoms with Gasteiger partial charge in [-0.1, -0.05) is 0 Å². The normalized spacial score (nSPS) is 15.0. The lowest BCUT2D eigenvalue weighted by Gasteiger charge is -2.26. The summed E-state index contributed by atoms with van der Waals surface area (Å²) in [6, 6.07) is 0. The van der Waals surface area contributed by atoms with Crippen LogP contribution in [0.15, 0.2) is 0 Å². The van der Waals surface area contributed by atoms with Crippen LogP contribution >= 0.6 is 0 Å². The highest BCUT2D eigenvalue weighted by atomic mass is 28.3. The van der Waals surface area contributed by atoms with Crippen molar-refractivity contribution < 1.29 is 14.3 Å². The minimum Gasteiger partial charge on any atom is -0.418 e. The van der Waals surface area contributed by atoms with Gasteiger partial charge in [-0.25, -0.2) is 0 Å². The number of hydrogen-bond donors (Lipinski definition) is 1. The molecule has 0 aromatic rings. The van der Waals surface area contributed by atoms with E-state index in [1.165, 1.54) is 0 Å². The maximum absolute atomic E-state index is 9.01. The van der Waals surface area contributed by atoms with Crippen molar-refractivity contribution in [2.45, 2.75) is 45.6 Å². The van der Waals surface area contributed by atoms with Gasteiger partial charge in [0.15, 0.2) is 9.04 Å². The average Bonchev–Trinajstić information content (AvgIpc) is 1.95. The second-order valence-electron chi connectivity index (χ2n) is 4.42. The SMILES string of the molecule is C[SiH](C)OCC(CO)OC(C)(C)C. The van der Waals surface area contributed by atoms with Crippen molar-refractivity contribution in [2.24, 2.45) is 0 Å².